The lowest BCUT2D eigenvalue weighted by atomic mass is 10.0. The van der Waals surface area contributed by atoms with E-state index in [0.717, 1.165) is 10.1 Å². The average molecular weight is 411 g/mol. The van der Waals surface area contributed by atoms with Crippen molar-refractivity contribution in [1.29, 1.82) is 0 Å². The van der Waals surface area contributed by atoms with Gasteiger partial charge in [0.2, 0.25) is 0 Å². The number of benzene rings is 1. The highest BCUT2D eigenvalue weighted by Crippen LogP contribution is 2.27. The number of ether oxygens (including phenoxy) is 1. The lowest BCUT2D eigenvalue weighted by Gasteiger charge is -2.24. The summed E-state index contributed by atoms with van der Waals surface area (Å²) in [5, 5.41) is 3.56. The fraction of sp³-hybridized carbons (Fsp3) is 0.474. The molecule has 2 atom stereocenters. The number of thiophene rings is 1. The Morgan fingerprint density at radius 1 is 1.22 bits per heavy atom. The molecule has 0 saturated heterocycles. The summed E-state index contributed by atoms with van der Waals surface area (Å²) in [6, 6.07) is 8.67. The summed E-state index contributed by atoms with van der Waals surface area (Å²) in [6.45, 7) is 9.14. The van der Waals surface area contributed by atoms with Gasteiger partial charge in [0.15, 0.2) is 11.0 Å². The molecule has 2 amide bonds. The molecule has 0 fully saturated rings. The second-order valence-electron chi connectivity index (χ2n) is 7.67. The van der Waals surface area contributed by atoms with E-state index in [2.05, 4.69) is 10.0 Å². The molecule has 27 heavy (non-hydrogen) atoms. The minimum absolute atomic E-state index is 0.161. The number of rotatable bonds is 6. The number of carbonyl (C=O) groups excluding carboxylic acids is 2. The first-order chi connectivity index (χ1) is 12.5. The van der Waals surface area contributed by atoms with Crippen molar-refractivity contribution >= 4 is 44.4 Å². The minimum atomic E-state index is -1.69. The van der Waals surface area contributed by atoms with Crippen LogP contribution in [0.25, 0.3) is 10.1 Å². The summed E-state index contributed by atoms with van der Waals surface area (Å²) in [7, 11) is -1.69. The van der Waals surface area contributed by atoms with Crippen molar-refractivity contribution in [2.45, 2.75) is 56.9 Å². The van der Waals surface area contributed by atoms with Crippen LogP contribution in [0.3, 0.4) is 0 Å². The van der Waals surface area contributed by atoms with Crippen molar-refractivity contribution in [1.82, 2.24) is 10.0 Å². The highest BCUT2D eigenvalue weighted by Gasteiger charge is 2.26. The Kier molecular flexibility index (Phi) is 7.00. The first-order valence-electron chi connectivity index (χ1n) is 8.75. The molecule has 1 heterocycles. The third-order valence-electron chi connectivity index (χ3n) is 3.49. The fourth-order valence-corrected chi connectivity index (χ4v) is 4.57. The third kappa shape index (κ3) is 6.62. The highest BCUT2D eigenvalue weighted by atomic mass is 32.2. The molecule has 2 aromatic rings. The van der Waals surface area contributed by atoms with Crippen LogP contribution in [0.15, 0.2) is 34.5 Å². The van der Waals surface area contributed by atoms with E-state index in [1.807, 2.05) is 38.1 Å². The van der Waals surface area contributed by atoms with Crippen LogP contribution in [0, 0.1) is 5.92 Å². The molecule has 0 bridgehead atoms. The molecule has 0 radical (unpaired) electrons. The summed E-state index contributed by atoms with van der Waals surface area (Å²) in [6.07, 6.45) is -0.259. The second kappa shape index (κ2) is 8.84. The van der Waals surface area contributed by atoms with Gasteiger partial charge in [-0.25, -0.2) is 9.00 Å². The predicted octanol–water partition coefficient (Wildman–Crippen LogP) is 3.98. The van der Waals surface area contributed by atoms with E-state index in [0.29, 0.717) is 10.6 Å². The van der Waals surface area contributed by atoms with Gasteiger partial charge < -0.3 is 10.1 Å². The number of alkyl carbamates (subject to hydrolysis) is 1. The summed E-state index contributed by atoms with van der Waals surface area (Å²) in [4.78, 5) is 24.7. The zero-order valence-corrected chi connectivity index (χ0v) is 17.8. The van der Waals surface area contributed by atoms with Crippen LogP contribution < -0.4 is 10.0 Å². The molecule has 1 aromatic heterocycles. The Morgan fingerprint density at radius 2 is 1.89 bits per heavy atom. The Morgan fingerprint density at radius 3 is 2.48 bits per heavy atom. The first-order valence-corrected chi connectivity index (χ1v) is 10.7. The van der Waals surface area contributed by atoms with Crippen LogP contribution in [-0.2, 0) is 20.5 Å². The zero-order valence-electron chi connectivity index (χ0n) is 16.2. The van der Waals surface area contributed by atoms with E-state index in [4.69, 9.17) is 4.74 Å². The van der Waals surface area contributed by atoms with Crippen molar-refractivity contribution in [3.63, 3.8) is 0 Å². The van der Waals surface area contributed by atoms with Crippen LogP contribution >= 0.6 is 11.3 Å². The molecule has 6 nitrogen and oxygen atoms in total. The highest BCUT2D eigenvalue weighted by molar-refractivity contribution is 7.86. The Bertz CT molecular complexity index is 807. The van der Waals surface area contributed by atoms with Gasteiger partial charge in [0.25, 0.3) is 5.91 Å². The van der Waals surface area contributed by atoms with E-state index in [1.165, 1.54) is 11.3 Å². The van der Waals surface area contributed by atoms with Crippen molar-refractivity contribution in [2.75, 3.05) is 0 Å². The number of fused-ring (bicyclic) bond motifs is 1. The third-order valence-corrected chi connectivity index (χ3v) is 5.98. The van der Waals surface area contributed by atoms with Gasteiger partial charge in [0.05, 0.1) is 0 Å². The molecule has 0 aliphatic heterocycles. The number of hydrogen-bond acceptors (Lipinski definition) is 5. The zero-order chi connectivity index (χ0) is 20.2. The summed E-state index contributed by atoms with van der Waals surface area (Å²) < 4.78 is 21.9. The summed E-state index contributed by atoms with van der Waals surface area (Å²) in [5.74, 6) is -0.334. The maximum atomic E-state index is 12.6. The number of amides is 2. The number of carbonyl (C=O) groups is 2. The van der Waals surface area contributed by atoms with Gasteiger partial charge in [0.1, 0.15) is 15.9 Å². The largest absolute Gasteiger partial charge is 0.444 e. The van der Waals surface area contributed by atoms with Crippen molar-refractivity contribution < 1.29 is 18.5 Å². The Balaban J connectivity index is 2.07. The van der Waals surface area contributed by atoms with Crippen LogP contribution in [0.1, 0.15) is 41.0 Å². The van der Waals surface area contributed by atoms with Crippen LogP contribution in [-0.4, -0.2) is 27.9 Å². The number of nitrogens with one attached hydrogen (secondary N) is 2. The molecule has 1 aromatic carbocycles. The van der Waals surface area contributed by atoms with E-state index < -0.39 is 34.6 Å². The van der Waals surface area contributed by atoms with E-state index in [9.17, 15) is 13.8 Å². The molecule has 0 spiro atoms. The quantitative estimate of drug-likeness (QED) is 0.754. The van der Waals surface area contributed by atoms with Gasteiger partial charge in [-0.2, -0.15) is 0 Å². The molecule has 2 rings (SSSR count). The van der Waals surface area contributed by atoms with Gasteiger partial charge in [-0.3, -0.25) is 9.52 Å². The molecule has 0 aliphatic rings. The van der Waals surface area contributed by atoms with Crippen molar-refractivity contribution in [2.24, 2.45) is 5.92 Å². The van der Waals surface area contributed by atoms with Crippen molar-refractivity contribution in [3.05, 3.63) is 30.3 Å². The molecule has 2 N–H and O–H groups in total. The average Bonchev–Trinajstić information content (AvgIpc) is 2.96. The summed E-state index contributed by atoms with van der Waals surface area (Å²) >= 11 is 1.37. The molecule has 1 unspecified atom stereocenters. The van der Waals surface area contributed by atoms with Crippen LogP contribution in [0.5, 0.6) is 0 Å². The molecule has 8 heteroatoms. The van der Waals surface area contributed by atoms with Gasteiger partial charge in [-0.05, 0) is 50.6 Å². The maximum absolute atomic E-state index is 12.6. The maximum Gasteiger partial charge on any atom is 0.408 e. The molecule has 0 saturated carbocycles. The fourth-order valence-electron chi connectivity index (χ4n) is 2.41. The van der Waals surface area contributed by atoms with E-state index in [1.54, 1.807) is 26.8 Å². The van der Waals surface area contributed by atoms with Gasteiger partial charge in [-0.1, -0.05) is 32.0 Å². The van der Waals surface area contributed by atoms with Gasteiger partial charge >= 0.3 is 6.09 Å². The standard InChI is InChI=1S/C19H26N2O4S2/c1-12(2)10-14(20-18(23)25-19(3,4)5)17(22)21-27(24)16-11-13-8-6-7-9-15(13)26-16/h6-9,11-12,14H,10H2,1-5H3,(H,20,23)(H,21,22)/t14-,27?/m0/s1. The normalized spacial score (nSPS) is 14.0. The predicted molar refractivity (Wildman–Crippen MR) is 109 cm³/mol. The van der Waals surface area contributed by atoms with E-state index >= 15 is 0 Å². The number of hydrogen-bond donors (Lipinski definition) is 2. The molecule has 0 aliphatic carbocycles. The monoisotopic (exact) mass is 410 g/mol. The van der Waals surface area contributed by atoms with Gasteiger partial charge in [-0.15, -0.1) is 11.3 Å². The lowest BCUT2D eigenvalue weighted by Crippen LogP contribution is -2.49. The van der Waals surface area contributed by atoms with E-state index in [-0.39, 0.29) is 5.92 Å². The SMILES string of the molecule is CC(C)C[C@H](NC(=O)OC(C)(C)C)C(=O)NS(=O)c1cc2ccccc2s1. The van der Waals surface area contributed by atoms with Crippen LogP contribution in [0.2, 0.25) is 0 Å². The first kappa shape index (κ1) is 21.4. The smallest absolute Gasteiger partial charge is 0.408 e. The molecule has 148 valence electrons. The lowest BCUT2D eigenvalue weighted by molar-refractivity contribution is -0.121. The molecular weight excluding hydrogens is 384 g/mol. The minimum Gasteiger partial charge on any atom is -0.444 e. The summed E-state index contributed by atoms with van der Waals surface area (Å²) in [5.41, 5.74) is -0.664. The van der Waals surface area contributed by atoms with Crippen LogP contribution in [0.4, 0.5) is 4.79 Å². The molecular formula is C19H26N2O4S2. The Labute approximate surface area is 166 Å². The van der Waals surface area contributed by atoms with Gasteiger partial charge in [0, 0.05) is 4.70 Å². The second-order valence-corrected chi connectivity index (χ2v) is 10.2. The van der Waals surface area contributed by atoms with Crippen molar-refractivity contribution in [3.8, 4) is 0 Å². The Hall–Kier alpha value is -1.93. The topological polar surface area (TPSA) is 84.5 Å².